The van der Waals surface area contributed by atoms with Crippen LogP contribution in [-0.4, -0.2) is 22.8 Å². The SMILES string of the molecule is CC(C)NC(=O)N1N=C(c2ccc(Br)cc2)CC1c1ccc(F)cc1. The van der Waals surface area contributed by atoms with Crippen molar-refractivity contribution in [1.82, 2.24) is 10.3 Å². The van der Waals surface area contributed by atoms with Crippen molar-refractivity contribution in [2.75, 3.05) is 0 Å². The van der Waals surface area contributed by atoms with Gasteiger partial charge in [0.1, 0.15) is 5.82 Å². The lowest BCUT2D eigenvalue weighted by atomic mass is 9.98. The van der Waals surface area contributed by atoms with Crippen LogP contribution in [0.15, 0.2) is 58.1 Å². The van der Waals surface area contributed by atoms with E-state index in [1.807, 2.05) is 38.1 Å². The fraction of sp³-hybridized carbons (Fsp3) is 0.263. The summed E-state index contributed by atoms with van der Waals surface area (Å²) in [5.74, 6) is -0.297. The number of rotatable bonds is 3. The molecule has 1 atom stereocenters. The summed E-state index contributed by atoms with van der Waals surface area (Å²) in [4.78, 5) is 12.6. The fourth-order valence-corrected chi connectivity index (χ4v) is 3.04. The molecule has 1 N–H and O–H groups in total. The molecule has 6 heteroatoms. The number of nitrogens with zero attached hydrogens (tertiary/aromatic N) is 2. The average Bonchev–Trinajstić information content (AvgIpc) is 3.01. The molecule has 1 unspecified atom stereocenters. The summed E-state index contributed by atoms with van der Waals surface area (Å²) in [6, 6.07) is 13.6. The van der Waals surface area contributed by atoms with E-state index in [-0.39, 0.29) is 23.9 Å². The second-order valence-electron chi connectivity index (χ2n) is 6.27. The number of carbonyl (C=O) groups excluding carboxylic acids is 1. The van der Waals surface area contributed by atoms with E-state index in [4.69, 9.17) is 0 Å². The van der Waals surface area contributed by atoms with Crippen LogP contribution < -0.4 is 5.32 Å². The van der Waals surface area contributed by atoms with E-state index in [1.54, 1.807) is 12.1 Å². The molecular weight excluding hydrogens is 385 g/mol. The molecular formula is C19H19BrFN3O. The van der Waals surface area contributed by atoms with E-state index < -0.39 is 0 Å². The minimum atomic E-state index is -0.297. The zero-order chi connectivity index (χ0) is 18.0. The molecule has 0 aliphatic carbocycles. The standard InChI is InChI=1S/C19H19BrFN3O/c1-12(2)22-19(25)24-18(14-5-9-16(21)10-6-14)11-17(23-24)13-3-7-15(20)8-4-13/h3-10,12,18H,11H2,1-2H3,(H,22,25). The van der Waals surface area contributed by atoms with Crippen LogP contribution in [0.5, 0.6) is 0 Å². The maximum absolute atomic E-state index is 13.3. The number of hydrogen-bond donors (Lipinski definition) is 1. The van der Waals surface area contributed by atoms with Crippen molar-refractivity contribution in [2.24, 2.45) is 5.10 Å². The van der Waals surface area contributed by atoms with Gasteiger partial charge in [-0.25, -0.2) is 14.2 Å². The quantitative estimate of drug-likeness (QED) is 0.781. The van der Waals surface area contributed by atoms with Crippen LogP contribution in [0.25, 0.3) is 0 Å². The fourth-order valence-electron chi connectivity index (χ4n) is 2.77. The Labute approximate surface area is 154 Å². The highest BCUT2D eigenvalue weighted by Crippen LogP contribution is 2.33. The molecule has 1 aliphatic rings. The van der Waals surface area contributed by atoms with Gasteiger partial charge in [0, 0.05) is 16.9 Å². The van der Waals surface area contributed by atoms with Gasteiger partial charge in [-0.15, -0.1) is 0 Å². The third-order valence-electron chi connectivity index (χ3n) is 3.96. The molecule has 0 saturated heterocycles. The highest BCUT2D eigenvalue weighted by atomic mass is 79.9. The number of benzene rings is 2. The summed E-state index contributed by atoms with van der Waals surface area (Å²) in [5.41, 5.74) is 2.66. The first-order valence-corrected chi connectivity index (χ1v) is 8.92. The topological polar surface area (TPSA) is 44.7 Å². The lowest BCUT2D eigenvalue weighted by Gasteiger charge is -2.23. The van der Waals surface area contributed by atoms with Crippen molar-refractivity contribution in [3.63, 3.8) is 0 Å². The number of urea groups is 1. The van der Waals surface area contributed by atoms with Gasteiger partial charge in [0.25, 0.3) is 0 Å². The molecule has 1 aliphatic heterocycles. The Morgan fingerprint density at radius 1 is 1.20 bits per heavy atom. The number of nitrogens with one attached hydrogen (secondary N) is 1. The Balaban J connectivity index is 1.92. The molecule has 2 aromatic carbocycles. The predicted octanol–water partition coefficient (Wildman–Crippen LogP) is 4.86. The van der Waals surface area contributed by atoms with Gasteiger partial charge >= 0.3 is 6.03 Å². The van der Waals surface area contributed by atoms with Crippen molar-refractivity contribution < 1.29 is 9.18 Å². The lowest BCUT2D eigenvalue weighted by molar-refractivity contribution is 0.183. The van der Waals surface area contributed by atoms with Gasteiger partial charge < -0.3 is 5.32 Å². The molecule has 1 heterocycles. The summed E-state index contributed by atoms with van der Waals surface area (Å²) >= 11 is 3.42. The normalized spacial score (nSPS) is 16.9. The van der Waals surface area contributed by atoms with Crippen LogP contribution in [0, 0.1) is 5.82 Å². The number of hydrazone groups is 1. The Hall–Kier alpha value is -2.21. The maximum Gasteiger partial charge on any atom is 0.338 e. The molecule has 0 aromatic heterocycles. The van der Waals surface area contributed by atoms with Crippen molar-refractivity contribution >= 4 is 27.7 Å². The first-order valence-electron chi connectivity index (χ1n) is 8.12. The van der Waals surface area contributed by atoms with E-state index in [0.29, 0.717) is 6.42 Å². The van der Waals surface area contributed by atoms with Gasteiger partial charge in [0.2, 0.25) is 0 Å². The maximum atomic E-state index is 13.3. The van der Waals surface area contributed by atoms with Gasteiger partial charge in [0.05, 0.1) is 11.8 Å². The third-order valence-corrected chi connectivity index (χ3v) is 4.49. The molecule has 0 spiro atoms. The summed E-state index contributed by atoms with van der Waals surface area (Å²) in [5, 5.41) is 8.89. The highest BCUT2D eigenvalue weighted by Gasteiger charge is 2.33. The molecule has 2 amide bonds. The van der Waals surface area contributed by atoms with Crippen LogP contribution in [0.1, 0.15) is 37.4 Å². The van der Waals surface area contributed by atoms with Gasteiger partial charge in [0.15, 0.2) is 0 Å². The Morgan fingerprint density at radius 2 is 1.84 bits per heavy atom. The first kappa shape index (κ1) is 17.6. The Morgan fingerprint density at radius 3 is 2.44 bits per heavy atom. The van der Waals surface area contributed by atoms with Crippen molar-refractivity contribution in [1.29, 1.82) is 0 Å². The second-order valence-corrected chi connectivity index (χ2v) is 7.19. The number of amides is 2. The van der Waals surface area contributed by atoms with Crippen LogP contribution in [0.2, 0.25) is 0 Å². The number of halogens is 2. The molecule has 0 fully saturated rings. The van der Waals surface area contributed by atoms with Crippen molar-refractivity contribution in [3.05, 3.63) is 69.9 Å². The van der Waals surface area contributed by atoms with E-state index in [9.17, 15) is 9.18 Å². The van der Waals surface area contributed by atoms with E-state index in [0.717, 1.165) is 21.3 Å². The van der Waals surface area contributed by atoms with E-state index in [2.05, 4.69) is 26.3 Å². The summed E-state index contributed by atoms with van der Waals surface area (Å²) in [7, 11) is 0. The molecule has 4 nitrogen and oxygen atoms in total. The average molecular weight is 404 g/mol. The van der Waals surface area contributed by atoms with Gasteiger partial charge in [-0.05, 0) is 49.2 Å². The Bertz CT molecular complexity index is 787. The van der Waals surface area contributed by atoms with Crippen molar-refractivity contribution in [3.8, 4) is 0 Å². The smallest absolute Gasteiger partial charge is 0.334 e. The largest absolute Gasteiger partial charge is 0.338 e. The molecule has 3 rings (SSSR count). The summed E-state index contributed by atoms with van der Waals surface area (Å²) in [6.45, 7) is 3.81. The minimum absolute atomic E-state index is 0.00768. The zero-order valence-electron chi connectivity index (χ0n) is 14.0. The molecule has 0 saturated carbocycles. The molecule has 0 radical (unpaired) electrons. The van der Waals surface area contributed by atoms with Crippen LogP contribution >= 0.6 is 15.9 Å². The zero-order valence-corrected chi connectivity index (χ0v) is 15.6. The van der Waals surface area contributed by atoms with E-state index >= 15 is 0 Å². The highest BCUT2D eigenvalue weighted by molar-refractivity contribution is 9.10. The van der Waals surface area contributed by atoms with Crippen LogP contribution in [0.4, 0.5) is 9.18 Å². The number of hydrogen-bond acceptors (Lipinski definition) is 2. The van der Waals surface area contributed by atoms with Gasteiger partial charge in [-0.1, -0.05) is 40.2 Å². The predicted molar refractivity (Wildman–Crippen MR) is 99.9 cm³/mol. The first-order chi connectivity index (χ1) is 11.9. The molecule has 2 aromatic rings. The summed E-state index contributed by atoms with van der Waals surface area (Å²) < 4.78 is 14.2. The van der Waals surface area contributed by atoms with Gasteiger partial charge in [-0.3, -0.25) is 0 Å². The van der Waals surface area contributed by atoms with Crippen molar-refractivity contribution in [2.45, 2.75) is 32.4 Å². The second kappa shape index (κ2) is 7.35. The van der Waals surface area contributed by atoms with Gasteiger partial charge in [-0.2, -0.15) is 5.10 Å². The summed E-state index contributed by atoms with van der Waals surface area (Å²) in [6.07, 6.45) is 0.582. The molecule has 130 valence electrons. The lowest BCUT2D eigenvalue weighted by Crippen LogP contribution is -2.40. The molecule has 0 bridgehead atoms. The molecule has 25 heavy (non-hydrogen) atoms. The third kappa shape index (κ3) is 4.07. The minimum Gasteiger partial charge on any atom is -0.334 e. The van der Waals surface area contributed by atoms with Crippen LogP contribution in [0.3, 0.4) is 0 Å². The van der Waals surface area contributed by atoms with Crippen LogP contribution in [-0.2, 0) is 0 Å². The van der Waals surface area contributed by atoms with E-state index in [1.165, 1.54) is 17.1 Å². The number of carbonyl (C=O) groups is 1. The Kier molecular flexibility index (Phi) is 5.18. The monoisotopic (exact) mass is 403 g/mol.